The van der Waals surface area contributed by atoms with Crippen molar-refractivity contribution in [2.75, 3.05) is 20.8 Å². The van der Waals surface area contributed by atoms with Crippen LogP contribution in [0.5, 0.6) is 17.4 Å². The van der Waals surface area contributed by atoms with E-state index in [1.807, 2.05) is 13.0 Å². The standard InChI is InChI=1S/C40H50F6N6O10S/c1-7-21-14-20(2)10-8-9-11-22-18-38(22,35(55)51-63(57,58)24-12-13-24)50-32(53)27-15-23(19-52(27)34(54)30(21)49-36(56)62-37(3,4)40(44,45)46)61-29-17-26-25(16-28(29)59-5)47-31(39(41,42)43)33(48-26)60-6/h9,11,16-17,20-24,27,30H,7-8,10,12-15,18-19H2,1-6H3,(H,49,56)(H,50,53)(H,51,55)/b11-9-/t20-,21-,22?,23-,27+,30+,38-/m1/s1. The Morgan fingerprint density at radius 1 is 0.984 bits per heavy atom. The minimum Gasteiger partial charge on any atom is -0.493 e. The molecule has 1 aromatic carbocycles. The molecular weight excluding hydrogens is 871 g/mol. The second-order valence-electron chi connectivity index (χ2n) is 17.0. The number of carbonyl (C=O) groups is 4. The van der Waals surface area contributed by atoms with Gasteiger partial charge in [-0.1, -0.05) is 32.4 Å². The molecule has 2 saturated carbocycles. The van der Waals surface area contributed by atoms with Gasteiger partial charge in [0.1, 0.15) is 23.7 Å². The molecule has 4 aliphatic rings. The highest BCUT2D eigenvalue weighted by molar-refractivity contribution is 7.91. The van der Waals surface area contributed by atoms with Crippen LogP contribution in [0, 0.1) is 17.8 Å². The number of amides is 4. The van der Waals surface area contributed by atoms with Gasteiger partial charge in [-0.25, -0.2) is 23.2 Å². The Morgan fingerprint density at radius 2 is 1.65 bits per heavy atom. The van der Waals surface area contributed by atoms with Crippen LogP contribution in [-0.4, -0.2) is 109 Å². The summed E-state index contributed by atoms with van der Waals surface area (Å²) in [4.78, 5) is 65.2. The van der Waals surface area contributed by atoms with Crippen molar-refractivity contribution in [2.45, 2.75) is 126 Å². The lowest BCUT2D eigenvalue weighted by atomic mass is 9.85. The molecule has 23 heteroatoms. The summed E-state index contributed by atoms with van der Waals surface area (Å²) in [7, 11) is -1.87. The molecule has 2 aromatic rings. The van der Waals surface area contributed by atoms with E-state index < -0.39 is 111 Å². The van der Waals surface area contributed by atoms with Crippen LogP contribution < -0.4 is 29.6 Å². The van der Waals surface area contributed by atoms with Gasteiger partial charge in [0, 0.05) is 24.5 Å². The first-order valence-corrected chi connectivity index (χ1v) is 22.0. The van der Waals surface area contributed by atoms with Gasteiger partial charge >= 0.3 is 18.4 Å². The normalized spacial score (nSPS) is 27.8. The summed E-state index contributed by atoms with van der Waals surface area (Å²) in [6, 6.07) is -0.665. The maximum atomic E-state index is 14.9. The first-order chi connectivity index (χ1) is 29.3. The summed E-state index contributed by atoms with van der Waals surface area (Å²) in [6.07, 6.45) is -6.99. The Bertz CT molecular complexity index is 2250. The molecule has 0 bridgehead atoms. The van der Waals surface area contributed by atoms with Crippen LogP contribution in [0.3, 0.4) is 0 Å². The molecule has 3 heterocycles. The first kappa shape index (κ1) is 47.4. The average Bonchev–Trinajstić information content (AvgIpc) is 4.12. The van der Waals surface area contributed by atoms with Crippen molar-refractivity contribution in [3.63, 3.8) is 0 Å². The molecule has 3 N–H and O–H groups in total. The number of alkyl halides is 6. The number of carbonyl (C=O) groups excluding carboxylic acids is 4. The van der Waals surface area contributed by atoms with Crippen LogP contribution in [0.2, 0.25) is 0 Å². The number of benzene rings is 1. The Hall–Kier alpha value is -5.09. The van der Waals surface area contributed by atoms with Crippen LogP contribution in [0.1, 0.15) is 84.8 Å². The third-order valence-corrected chi connectivity index (χ3v) is 13.8. The number of nitrogens with one attached hydrogen (secondary N) is 3. The maximum Gasteiger partial charge on any atom is 0.438 e. The highest BCUT2D eigenvalue weighted by atomic mass is 32.2. The average molecular weight is 921 g/mol. The summed E-state index contributed by atoms with van der Waals surface area (Å²) in [5, 5.41) is 4.30. The molecule has 0 radical (unpaired) electrons. The Labute approximate surface area is 359 Å². The van der Waals surface area contributed by atoms with Crippen molar-refractivity contribution in [1.29, 1.82) is 0 Å². The van der Waals surface area contributed by atoms with Crippen LogP contribution in [0.4, 0.5) is 31.1 Å². The molecule has 2 aliphatic carbocycles. The number of allylic oxidation sites excluding steroid dienone is 1. The molecule has 1 aromatic heterocycles. The van der Waals surface area contributed by atoms with Crippen molar-refractivity contribution >= 4 is 44.9 Å². The molecule has 16 nitrogen and oxygen atoms in total. The van der Waals surface area contributed by atoms with E-state index >= 15 is 0 Å². The van der Waals surface area contributed by atoms with Gasteiger partial charge in [0.05, 0.1) is 37.0 Å². The van der Waals surface area contributed by atoms with Gasteiger partial charge in [-0.05, 0) is 64.2 Å². The van der Waals surface area contributed by atoms with E-state index in [1.165, 1.54) is 13.2 Å². The molecule has 2 aliphatic heterocycles. The highest BCUT2D eigenvalue weighted by Crippen LogP contribution is 2.47. The van der Waals surface area contributed by atoms with Crippen LogP contribution in [0.25, 0.3) is 11.0 Å². The molecule has 6 rings (SSSR count). The second kappa shape index (κ2) is 17.5. The van der Waals surface area contributed by atoms with Gasteiger partial charge < -0.3 is 34.5 Å². The number of nitrogens with zero attached hydrogens (tertiary/aromatic N) is 3. The number of hydrogen-bond donors (Lipinski definition) is 3. The summed E-state index contributed by atoms with van der Waals surface area (Å²) in [5.74, 6) is -5.22. The lowest BCUT2D eigenvalue weighted by molar-refractivity contribution is -0.244. The smallest absolute Gasteiger partial charge is 0.438 e. The van der Waals surface area contributed by atoms with Gasteiger partial charge in [0.15, 0.2) is 11.5 Å². The summed E-state index contributed by atoms with van der Waals surface area (Å²) >= 11 is 0. The second-order valence-corrected chi connectivity index (χ2v) is 19.0. The minimum atomic E-state index is -4.98. The van der Waals surface area contributed by atoms with Gasteiger partial charge in [-0.2, -0.15) is 26.3 Å². The fourth-order valence-electron chi connectivity index (χ4n) is 7.97. The Kier molecular flexibility index (Phi) is 13.1. The van der Waals surface area contributed by atoms with Gasteiger partial charge in [0.25, 0.3) is 5.91 Å². The zero-order valence-electron chi connectivity index (χ0n) is 35.3. The van der Waals surface area contributed by atoms with Crippen LogP contribution in [0.15, 0.2) is 24.3 Å². The number of ether oxygens (including phenoxy) is 4. The molecule has 348 valence electrons. The lowest BCUT2D eigenvalue weighted by Gasteiger charge is -2.35. The third kappa shape index (κ3) is 10.2. The third-order valence-electron chi connectivity index (χ3n) is 12.0. The Morgan fingerprint density at radius 3 is 2.25 bits per heavy atom. The predicted octanol–water partition coefficient (Wildman–Crippen LogP) is 5.34. The number of rotatable bonds is 10. The molecule has 63 heavy (non-hydrogen) atoms. The van der Waals surface area contributed by atoms with Gasteiger partial charge in [0.2, 0.25) is 39.0 Å². The van der Waals surface area contributed by atoms with E-state index in [-0.39, 0.29) is 47.7 Å². The zero-order valence-corrected chi connectivity index (χ0v) is 36.1. The van der Waals surface area contributed by atoms with E-state index in [1.54, 1.807) is 13.0 Å². The summed E-state index contributed by atoms with van der Waals surface area (Å²) in [5.41, 5.74) is -6.43. The van der Waals surface area contributed by atoms with Crippen LogP contribution in [-0.2, 0) is 35.3 Å². The minimum absolute atomic E-state index is 0.0230. The van der Waals surface area contributed by atoms with E-state index in [4.69, 9.17) is 18.9 Å². The first-order valence-electron chi connectivity index (χ1n) is 20.4. The molecule has 1 unspecified atom stereocenters. The molecule has 1 saturated heterocycles. The van der Waals surface area contributed by atoms with E-state index in [0.717, 1.165) is 18.1 Å². The molecule has 0 spiro atoms. The molecule has 3 fully saturated rings. The summed E-state index contributed by atoms with van der Waals surface area (Å²) in [6.45, 7) is 4.52. The number of alkyl carbamates (subject to hydrolysis) is 1. The zero-order chi connectivity index (χ0) is 46.4. The van der Waals surface area contributed by atoms with E-state index in [0.29, 0.717) is 46.0 Å². The highest BCUT2D eigenvalue weighted by Gasteiger charge is 2.62. The maximum absolute atomic E-state index is 14.9. The van der Waals surface area contributed by atoms with Gasteiger partial charge in [-0.15, -0.1) is 0 Å². The number of halogens is 6. The lowest BCUT2D eigenvalue weighted by Crippen LogP contribution is -2.59. The van der Waals surface area contributed by atoms with Crippen molar-refractivity contribution in [3.8, 4) is 17.4 Å². The largest absolute Gasteiger partial charge is 0.493 e. The molecule has 7 atom stereocenters. The van der Waals surface area contributed by atoms with Crippen molar-refractivity contribution in [3.05, 3.63) is 30.0 Å². The van der Waals surface area contributed by atoms with Crippen molar-refractivity contribution in [2.24, 2.45) is 17.8 Å². The van der Waals surface area contributed by atoms with Crippen molar-refractivity contribution < 1.29 is 72.9 Å². The van der Waals surface area contributed by atoms with Crippen molar-refractivity contribution in [1.82, 2.24) is 30.2 Å². The van der Waals surface area contributed by atoms with E-state index in [2.05, 4.69) is 25.3 Å². The number of fused-ring (bicyclic) bond motifs is 3. The topological polar surface area (TPSA) is 204 Å². The number of hydrogen-bond acceptors (Lipinski definition) is 12. The molecular formula is C40H50F6N6O10S. The number of methoxy groups -OCH3 is 2. The molecule has 4 amide bonds. The summed E-state index contributed by atoms with van der Waals surface area (Å²) < 4.78 is 132. The number of sulfonamides is 1. The SMILES string of the molecule is CC[C@@H]1C[C@H](C)CC/C=C\C2C[C@@]2(C(=O)NS(=O)(=O)C2CC2)NC(=O)[C@@H]2C[C@@H](Oc3cc4nc(OC)c(C(F)(F)F)nc4cc3OC)CN2C(=O)[C@H]1NC(=O)OC(C)(C)C(F)(F)F. The van der Waals surface area contributed by atoms with E-state index in [9.17, 15) is 53.9 Å². The van der Waals surface area contributed by atoms with Crippen LogP contribution >= 0.6 is 0 Å². The quantitative estimate of drug-likeness (QED) is 0.204. The number of aromatic nitrogens is 2. The Balaban J connectivity index is 1.39. The fourth-order valence-corrected chi connectivity index (χ4v) is 9.33. The monoisotopic (exact) mass is 920 g/mol. The predicted molar refractivity (Wildman–Crippen MR) is 211 cm³/mol. The fraction of sp³-hybridized carbons (Fsp3) is 0.650. The van der Waals surface area contributed by atoms with Gasteiger partial charge in [-0.3, -0.25) is 19.1 Å².